The van der Waals surface area contributed by atoms with Crippen molar-refractivity contribution >= 4 is 17.9 Å². The lowest BCUT2D eigenvalue weighted by Gasteiger charge is -2.18. The van der Waals surface area contributed by atoms with Gasteiger partial charge in [-0.25, -0.2) is 0 Å². The van der Waals surface area contributed by atoms with Crippen molar-refractivity contribution in [3.63, 3.8) is 0 Å². The summed E-state index contributed by atoms with van der Waals surface area (Å²) in [4.78, 5) is 38.2. The number of hydrogen-bond acceptors (Lipinski definition) is 6. The summed E-state index contributed by atoms with van der Waals surface area (Å²) in [6, 6.07) is 0. The van der Waals surface area contributed by atoms with E-state index in [2.05, 4.69) is 69.4 Å². The SMILES string of the molecule is CCCCC/C=C\C/C=C\C/C=C\CCCCCCCCC(=O)OC(COC(=O)CCCCCCCCCCC)COC(=O)CCCCCCCCCCCCCCCCCCCCCCC/C=C\CCCCCCCCCC. The molecule has 79 heavy (non-hydrogen) atoms. The third-order valence-electron chi connectivity index (χ3n) is 15.8. The Bertz CT molecular complexity index is 1360. The lowest BCUT2D eigenvalue weighted by atomic mass is 10.0. The molecule has 1 atom stereocenters. The maximum absolute atomic E-state index is 12.9. The molecule has 0 aliphatic heterocycles. The van der Waals surface area contributed by atoms with E-state index in [0.29, 0.717) is 19.3 Å². The summed E-state index contributed by atoms with van der Waals surface area (Å²) in [5.41, 5.74) is 0. The fraction of sp³-hybridized carbons (Fsp3) is 0.849. The van der Waals surface area contributed by atoms with E-state index >= 15 is 0 Å². The van der Waals surface area contributed by atoms with E-state index in [1.807, 2.05) is 0 Å². The van der Waals surface area contributed by atoms with Crippen molar-refractivity contribution < 1.29 is 28.6 Å². The number of esters is 3. The van der Waals surface area contributed by atoms with E-state index in [9.17, 15) is 14.4 Å². The van der Waals surface area contributed by atoms with E-state index in [0.717, 1.165) is 77.0 Å². The van der Waals surface area contributed by atoms with Crippen molar-refractivity contribution in [2.75, 3.05) is 13.2 Å². The number of rotatable bonds is 65. The van der Waals surface area contributed by atoms with Crippen LogP contribution in [0.5, 0.6) is 0 Å². The van der Waals surface area contributed by atoms with Gasteiger partial charge in [0.2, 0.25) is 0 Å². The van der Waals surface area contributed by atoms with Crippen LogP contribution in [0.25, 0.3) is 0 Å². The van der Waals surface area contributed by atoms with Gasteiger partial charge in [-0.2, -0.15) is 0 Å². The van der Waals surface area contributed by atoms with E-state index in [1.165, 1.54) is 263 Å². The fourth-order valence-electron chi connectivity index (χ4n) is 10.5. The van der Waals surface area contributed by atoms with Crippen molar-refractivity contribution in [1.82, 2.24) is 0 Å². The zero-order chi connectivity index (χ0) is 57.1. The lowest BCUT2D eigenvalue weighted by molar-refractivity contribution is -0.167. The Morgan fingerprint density at radius 1 is 0.253 bits per heavy atom. The number of unbranched alkanes of at least 4 members (excludes halogenated alkanes) is 46. The normalized spacial score (nSPS) is 12.3. The van der Waals surface area contributed by atoms with Crippen LogP contribution < -0.4 is 0 Å². The van der Waals surface area contributed by atoms with Crippen LogP contribution in [0, 0.1) is 0 Å². The number of hydrogen-bond donors (Lipinski definition) is 0. The van der Waals surface area contributed by atoms with Gasteiger partial charge in [0.1, 0.15) is 13.2 Å². The minimum absolute atomic E-state index is 0.0739. The Morgan fingerprint density at radius 2 is 0.456 bits per heavy atom. The summed E-state index contributed by atoms with van der Waals surface area (Å²) in [6.07, 6.45) is 85.9. The Hall–Kier alpha value is -2.63. The molecular formula is C73H134O6. The molecule has 1 unspecified atom stereocenters. The number of carbonyl (C=O) groups is 3. The predicted octanol–water partition coefficient (Wildman–Crippen LogP) is 24.1. The minimum Gasteiger partial charge on any atom is -0.462 e. The molecule has 0 radical (unpaired) electrons. The first-order chi connectivity index (χ1) is 39.0. The van der Waals surface area contributed by atoms with Crippen LogP contribution in [0.3, 0.4) is 0 Å². The van der Waals surface area contributed by atoms with E-state index in [4.69, 9.17) is 14.2 Å². The number of ether oxygens (including phenoxy) is 3. The molecule has 0 aromatic carbocycles. The molecule has 6 nitrogen and oxygen atoms in total. The molecule has 0 aliphatic carbocycles. The van der Waals surface area contributed by atoms with Crippen molar-refractivity contribution in [2.24, 2.45) is 0 Å². The molecule has 462 valence electrons. The van der Waals surface area contributed by atoms with E-state index < -0.39 is 6.10 Å². The maximum atomic E-state index is 12.9. The summed E-state index contributed by atoms with van der Waals surface area (Å²) in [5, 5.41) is 0. The molecule has 6 heteroatoms. The third kappa shape index (κ3) is 66.1. The largest absolute Gasteiger partial charge is 0.462 e. The first kappa shape index (κ1) is 76.4. The van der Waals surface area contributed by atoms with E-state index in [1.54, 1.807) is 0 Å². The lowest BCUT2D eigenvalue weighted by Crippen LogP contribution is -2.30. The molecule has 0 rings (SSSR count). The van der Waals surface area contributed by atoms with Gasteiger partial charge in [-0.3, -0.25) is 14.4 Å². The van der Waals surface area contributed by atoms with Crippen LogP contribution in [0.15, 0.2) is 48.6 Å². The van der Waals surface area contributed by atoms with Crippen LogP contribution in [-0.2, 0) is 28.6 Å². The van der Waals surface area contributed by atoms with Crippen LogP contribution in [0.2, 0.25) is 0 Å². The molecule has 0 saturated heterocycles. The van der Waals surface area contributed by atoms with Crippen molar-refractivity contribution in [1.29, 1.82) is 0 Å². The summed E-state index contributed by atoms with van der Waals surface area (Å²) >= 11 is 0. The second kappa shape index (κ2) is 67.9. The fourth-order valence-corrected chi connectivity index (χ4v) is 10.5. The second-order valence-electron chi connectivity index (χ2n) is 23.8. The Balaban J connectivity index is 4.05. The van der Waals surface area contributed by atoms with Gasteiger partial charge in [-0.1, -0.05) is 326 Å². The van der Waals surface area contributed by atoms with Crippen molar-refractivity contribution in [3.8, 4) is 0 Å². The van der Waals surface area contributed by atoms with Gasteiger partial charge in [-0.05, 0) is 83.5 Å². The summed E-state index contributed by atoms with van der Waals surface area (Å²) in [5.74, 6) is -0.868. The molecular weight excluding hydrogens is 973 g/mol. The van der Waals surface area contributed by atoms with Gasteiger partial charge in [0, 0.05) is 19.3 Å². The van der Waals surface area contributed by atoms with Gasteiger partial charge in [0.25, 0.3) is 0 Å². The standard InChI is InChI=1S/C73H134O6/c1-4-7-10-13-16-19-21-23-25-27-29-30-31-32-33-34-35-36-37-38-39-40-41-42-44-45-47-49-51-54-57-60-63-66-72(75)78-69-70(68-77-71(74)65-62-59-56-53-18-15-12-9-6-3)79-73(76)67-64-61-58-55-52-50-48-46-43-28-26-24-22-20-17-14-11-8-5-2/h17,20,24,26-27,29,43,46,70H,4-16,18-19,21-23,25,28,30-42,44-45,47-69H2,1-3H3/b20-17-,26-24-,29-27-,46-43-. The smallest absolute Gasteiger partial charge is 0.306 e. The molecule has 0 aromatic heterocycles. The Labute approximate surface area is 492 Å². The topological polar surface area (TPSA) is 78.9 Å². The quantitative estimate of drug-likeness (QED) is 0.0261. The monoisotopic (exact) mass is 1110 g/mol. The minimum atomic E-state index is -0.777. The zero-order valence-corrected chi connectivity index (χ0v) is 53.2. The predicted molar refractivity (Wildman–Crippen MR) is 344 cm³/mol. The maximum Gasteiger partial charge on any atom is 0.306 e. The van der Waals surface area contributed by atoms with Crippen molar-refractivity contribution in [3.05, 3.63) is 48.6 Å². The average molecular weight is 1110 g/mol. The van der Waals surface area contributed by atoms with Gasteiger partial charge in [-0.15, -0.1) is 0 Å². The molecule has 0 amide bonds. The van der Waals surface area contributed by atoms with Crippen LogP contribution in [0.4, 0.5) is 0 Å². The highest BCUT2D eigenvalue weighted by Gasteiger charge is 2.19. The summed E-state index contributed by atoms with van der Waals surface area (Å²) < 4.78 is 16.9. The molecule has 0 N–H and O–H groups in total. The Kier molecular flexibility index (Phi) is 65.6. The molecule has 0 aromatic rings. The van der Waals surface area contributed by atoms with E-state index in [-0.39, 0.29) is 31.1 Å². The number of carbonyl (C=O) groups excluding carboxylic acids is 3. The van der Waals surface area contributed by atoms with Crippen LogP contribution in [-0.4, -0.2) is 37.2 Å². The van der Waals surface area contributed by atoms with Gasteiger partial charge in [0.15, 0.2) is 6.10 Å². The first-order valence-electron chi connectivity index (χ1n) is 35.1. The zero-order valence-electron chi connectivity index (χ0n) is 53.2. The molecule has 0 saturated carbocycles. The highest BCUT2D eigenvalue weighted by Crippen LogP contribution is 2.18. The van der Waals surface area contributed by atoms with Crippen LogP contribution >= 0.6 is 0 Å². The highest BCUT2D eigenvalue weighted by atomic mass is 16.6. The average Bonchev–Trinajstić information content (AvgIpc) is 3.45. The molecule has 0 fully saturated rings. The number of allylic oxidation sites excluding steroid dienone is 8. The third-order valence-corrected chi connectivity index (χ3v) is 15.8. The molecule has 0 bridgehead atoms. The van der Waals surface area contributed by atoms with Gasteiger partial charge >= 0.3 is 17.9 Å². The Morgan fingerprint density at radius 3 is 0.747 bits per heavy atom. The second-order valence-corrected chi connectivity index (χ2v) is 23.8. The molecule has 0 heterocycles. The molecule has 0 aliphatic rings. The van der Waals surface area contributed by atoms with Crippen LogP contribution in [0.1, 0.15) is 380 Å². The summed E-state index contributed by atoms with van der Waals surface area (Å²) in [7, 11) is 0. The first-order valence-corrected chi connectivity index (χ1v) is 35.1. The summed E-state index contributed by atoms with van der Waals surface area (Å²) in [6.45, 7) is 6.64. The van der Waals surface area contributed by atoms with Crippen molar-refractivity contribution in [2.45, 2.75) is 386 Å². The van der Waals surface area contributed by atoms with Gasteiger partial charge in [0.05, 0.1) is 0 Å². The molecule has 0 spiro atoms. The van der Waals surface area contributed by atoms with Gasteiger partial charge < -0.3 is 14.2 Å². The highest BCUT2D eigenvalue weighted by molar-refractivity contribution is 5.71.